The molecule has 1 amide bonds. The van der Waals surface area contributed by atoms with E-state index in [4.69, 9.17) is 4.74 Å². The molecule has 0 saturated carbocycles. The van der Waals surface area contributed by atoms with Crippen molar-refractivity contribution in [2.24, 2.45) is 5.92 Å². The van der Waals surface area contributed by atoms with E-state index in [-0.39, 0.29) is 22.5 Å². The van der Waals surface area contributed by atoms with E-state index in [1.165, 1.54) is 10.4 Å². The predicted octanol–water partition coefficient (Wildman–Crippen LogP) is 2.94. The Morgan fingerprint density at radius 3 is 2.31 bits per heavy atom. The van der Waals surface area contributed by atoms with Gasteiger partial charge in [-0.05, 0) is 57.5 Å². The molecule has 1 N–H and O–H groups in total. The number of carbonyl (C=O) groups excluding carboxylic acids is 2. The maximum atomic E-state index is 13.1. The topological polar surface area (TPSA) is 96.0 Å². The summed E-state index contributed by atoms with van der Waals surface area (Å²) in [5, 5.41) is 2.89. The van der Waals surface area contributed by atoms with E-state index in [1.807, 2.05) is 37.3 Å². The highest BCUT2D eigenvalue weighted by molar-refractivity contribution is 7.89. The molecule has 0 bridgehead atoms. The molecule has 0 aromatic heterocycles. The zero-order valence-corrected chi connectivity index (χ0v) is 21.1. The Kier molecular flexibility index (Phi) is 8.01. The van der Waals surface area contributed by atoms with Crippen LogP contribution in [0.25, 0.3) is 0 Å². The van der Waals surface area contributed by atoms with Crippen molar-refractivity contribution >= 4 is 27.4 Å². The zero-order valence-electron chi connectivity index (χ0n) is 20.3. The standard InChI is InChI=1S/C26H33N3O5S/c1-19-8-9-23(18-24(19)35(32,33)29-14-16-34-17-15-29)27-26(31)20(2)28-12-10-22(11-13-28)25(30)21-6-4-3-5-7-21/h3-9,18,20,22H,10-17H2,1-2H3,(H,27,31). The molecular weight excluding hydrogens is 466 g/mol. The Morgan fingerprint density at radius 1 is 1.00 bits per heavy atom. The van der Waals surface area contributed by atoms with Crippen LogP contribution in [0.15, 0.2) is 53.4 Å². The van der Waals surface area contributed by atoms with Crippen LogP contribution < -0.4 is 5.32 Å². The average molecular weight is 500 g/mol. The van der Waals surface area contributed by atoms with Gasteiger partial charge >= 0.3 is 0 Å². The summed E-state index contributed by atoms with van der Waals surface area (Å²) in [6.07, 6.45) is 1.41. The number of sulfonamides is 1. The smallest absolute Gasteiger partial charge is 0.243 e. The maximum Gasteiger partial charge on any atom is 0.243 e. The lowest BCUT2D eigenvalue weighted by molar-refractivity contribution is -0.121. The van der Waals surface area contributed by atoms with Crippen LogP contribution in [-0.4, -0.2) is 74.7 Å². The van der Waals surface area contributed by atoms with Gasteiger partial charge in [0.2, 0.25) is 15.9 Å². The number of aryl methyl sites for hydroxylation is 1. The number of hydrogen-bond donors (Lipinski definition) is 1. The number of rotatable bonds is 7. The van der Waals surface area contributed by atoms with Gasteiger partial charge in [-0.15, -0.1) is 0 Å². The summed E-state index contributed by atoms with van der Waals surface area (Å²) in [5.41, 5.74) is 1.82. The van der Waals surface area contributed by atoms with Gasteiger partial charge in [0, 0.05) is 30.3 Å². The van der Waals surface area contributed by atoms with Crippen LogP contribution >= 0.6 is 0 Å². The van der Waals surface area contributed by atoms with Gasteiger partial charge in [-0.25, -0.2) is 8.42 Å². The van der Waals surface area contributed by atoms with E-state index in [9.17, 15) is 18.0 Å². The molecule has 2 fully saturated rings. The Hall–Kier alpha value is -2.59. The number of nitrogens with one attached hydrogen (secondary N) is 1. The molecule has 9 heteroatoms. The highest BCUT2D eigenvalue weighted by Crippen LogP contribution is 2.26. The van der Waals surface area contributed by atoms with E-state index in [0.29, 0.717) is 63.5 Å². The fourth-order valence-electron chi connectivity index (χ4n) is 4.68. The van der Waals surface area contributed by atoms with Crippen molar-refractivity contribution in [3.8, 4) is 0 Å². The van der Waals surface area contributed by atoms with Crippen molar-refractivity contribution in [2.75, 3.05) is 44.7 Å². The number of Topliss-reactive ketones (excluding diaryl/α,β-unsaturated/α-hetero) is 1. The Balaban J connectivity index is 1.37. The highest BCUT2D eigenvalue weighted by Gasteiger charge is 2.31. The maximum absolute atomic E-state index is 13.1. The number of nitrogens with zero attached hydrogens (tertiary/aromatic N) is 2. The monoisotopic (exact) mass is 499 g/mol. The molecule has 2 aliphatic rings. The minimum Gasteiger partial charge on any atom is -0.379 e. The number of hydrogen-bond acceptors (Lipinski definition) is 6. The predicted molar refractivity (Wildman–Crippen MR) is 134 cm³/mol. The molecule has 2 saturated heterocycles. The second-order valence-electron chi connectivity index (χ2n) is 9.20. The van der Waals surface area contributed by atoms with Crippen LogP contribution in [0.3, 0.4) is 0 Å². The number of carbonyl (C=O) groups is 2. The van der Waals surface area contributed by atoms with E-state index >= 15 is 0 Å². The van der Waals surface area contributed by atoms with Crippen LogP contribution in [0.4, 0.5) is 5.69 Å². The summed E-state index contributed by atoms with van der Waals surface area (Å²) in [5.74, 6) is -0.0682. The lowest BCUT2D eigenvalue weighted by Gasteiger charge is -2.34. The summed E-state index contributed by atoms with van der Waals surface area (Å²) in [7, 11) is -3.67. The van der Waals surface area contributed by atoms with E-state index < -0.39 is 16.1 Å². The number of ether oxygens (including phenoxy) is 1. The van der Waals surface area contributed by atoms with Gasteiger partial charge in [0.05, 0.1) is 24.2 Å². The first-order chi connectivity index (χ1) is 16.8. The zero-order chi connectivity index (χ0) is 25.0. The quantitative estimate of drug-likeness (QED) is 0.589. The van der Waals surface area contributed by atoms with Gasteiger partial charge in [-0.3, -0.25) is 14.5 Å². The van der Waals surface area contributed by atoms with Gasteiger partial charge in [0.1, 0.15) is 0 Å². The molecule has 4 rings (SSSR count). The summed E-state index contributed by atoms with van der Waals surface area (Å²) >= 11 is 0. The number of amides is 1. The van der Waals surface area contributed by atoms with Crippen LogP contribution in [0.5, 0.6) is 0 Å². The molecule has 2 heterocycles. The first kappa shape index (κ1) is 25.5. The molecule has 2 aliphatic heterocycles. The van der Waals surface area contributed by atoms with Crippen molar-refractivity contribution in [3.63, 3.8) is 0 Å². The van der Waals surface area contributed by atoms with Crippen molar-refractivity contribution in [3.05, 3.63) is 59.7 Å². The average Bonchev–Trinajstić information content (AvgIpc) is 2.90. The third-order valence-electron chi connectivity index (χ3n) is 6.93. The molecule has 35 heavy (non-hydrogen) atoms. The number of morpholine rings is 1. The Morgan fingerprint density at radius 2 is 1.66 bits per heavy atom. The number of likely N-dealkylation sites (tertiary alicyclic amines) is 1. The number of benzene rings is 2. The van der Waals surface area contributed by atoms with Gasteiger partial charge in [-0.2, -0.15) is 4.31 Å². The lowest BCUT2D eigenvalue weighted by Crippen LogP contribution is -2.47. The fourth-order valence-corrected chi connectivity index (χ4v) is 6.34. The van der Waals surface area contributed by atoms with E-state index in [2.05, 4.69) is 10.2 Å². The normalized spacial score (nSPS) is 19.3. The largest absolute Gasteiger partial charge is 0.379 e. The fraction of sp³-hybridized carbons (Fsp3) is 0.462. The van der Waals surface area contributed by atoms with E-state index in [0.717, 1.165) is 5.56 Å². The minimum atomic E-state index is -3.67. The molecule has 0 radical (unpaired) electrons. The molecule has 1 unspecified atom stereocenters. The van der Waals surface area contributed by atoms with Crippen LogP contribution in [0.2, 0.25) is 0 Å². The molecule has 2 aromatic rings. The van der Waals surface area contributed by atoms with Crippen LogP contribution in [0, 0.1) is 12.8 Å². The second kappa shape index (κ2) is 11.0. The van der Waals surface area contributed by atoms with Gasteiger partial charge in [-0.1, -0.05) is 36.4 Å². The van der Waals surface area contributed by atoms with Crippen LogP contribution in [-0.2, 0) is 19.6 Å². The second-order valence-corrected chi connectivity index (χ2v) is 11.1. The summed E-state index contributed by atoms with van der Waals surface area (Å²) < 4.78 is 33.0. The Labute approximate surface area is 207 Å². The first-order valence-corrected chi connectivity index (χ1v) is 13.5. The third-order valence-corrected chi connectivity index (χ3v) is 8.97. The lowest BCUT2D eigenvalue weighted by atomic mass is 9.88. The molecule has 8 nitrogen and oxygen atoms in total. The van der Waals surface area contributed by atoms with Gasteiger partial charge in [0.15, 0.2) is 5.78 Å². The van der Waals surface area contributed by atoms with E-state index in [1.54, 1.807) is 19.1 Å². The van der Waals surface area contributed by atoms with Gasteiger partial charge < -0.3 is 10.1 Å². The summed E-state index contributed by atoms with van der Waals surface area (Å²) in [4.78, 5) is 28.0. The highest BCUT2D eigenvalue weighted by atomic mass is 32.2. The molecule has 1 atom stereocenters. The van der Waals surface area contributed by atoms with Gasteiger partial charge in [0.25, 0.3) is 0 Å². The molecular formula is C26H33N3O5S. The van der Waals surface area contributed by atoms with Crippen molar-refractivity contribution in [2.45, 2.75) is 37.6 Å². The first-order valence-electron chi connectivity index (χ1n) is 12.1. The number of anilines is 1. The minimum absolute atomic E-state index is 0.0334. The third kappa shape index (κ3) is 5.81. The molecule has 0 aliphatic carbocycles. The summed E-state index contributed by atoms with van der Waals surface area (Å²) in [6.45, 7) is 6.29. The van der Waals surface area contributed by atoms with Crippen molar-refractivity contribution in [1.29, 1.82) is 0 Å². The Bertz CT molecular complexity index is 1150. The molecule has 188 valence electrons. The SMILES string of the molecule is Cc1ccc(NC(=O)C(C)N2CCC(C(=O)c3ccccc3)CC2)cc1S(=O)(=O)N1CCOCC1. The van der Waals surface area contributed by atoms with Crippen LogP contribution in [0.1, 0.15) is 35.7 Å². The number of ketones is 1. The number of piperidine rings is 1. The molecule has 0 spiro atoms. The van der Waals surface area contributed by atoms with Crippen molar-refractivity contribution < 1.29 is 22.7 Å². The van der Waals surface area contributed by atoms with Crippen molar-refractivity contribution in [1.82, 2.24) is 9.21 Å². The molecule has 2 aromatic carbocycles. The summed E-state index contributed by atoms with van der Waals surface area (Å²) in [6, 6.07) is 13.9.